The number of unbranched alkanes of at least 4 members (excludes halogenated alkanes) is 3. The summed E-state index contributed by atoms with van der Waals surface area (Å²) in [5, 5.41) is 32.7. The zero-order chi connectivity index (χ0) is 34.8. The van der Waals surface area contributed by atoms with E-state index >= 15 is 0 Å². The van der Waals surface area contributed by atoms with E-state index in [1.807, 2.05) is 0 Å². The lowest BCUT2D eigenvalue weighted by atomic mass is 9.54. The molecule has 10 unspecified atom stereocenters. The van der Waals surface area contributed by atoms with Crippen molar-refractivity contribution < 1.29 is 34.3 Å². The fourth-order valence-electron chi connectivity index (χ4n) is 9.52. The summed E-state index contributed by atoms with van der Waals surface area (Å²) in [4.78, 5) is 12.7. The number of hydrogen-bond donors (Lipinski definition) is 4. The Labute approximate surface area is 292 Å². The monoisotopic (exact) mass is 678 g/mol. The summed E-state index contributed by atoms with van der Waals surface area (Å²) < 4.78 is 17.0. The van der Waals surface area contributed by atoms with Crippen molar-refractivity contribution in [2.75, 3.05) is 13.2 Å². The molecule has 3 fully saturated rings. The predicted molar refractivity (Wildman–Crippen MR) is 190 cm³/mol. The second kappa shape index (κ2) is 18.9. The van der Waals surface area contributed by atoms with Crippen LogP contribution >= 0.6 is 0 Å². The first kappa shape index (κ1) is 39.6. The Kier molecular flexibility index (Phi) is 15.6. The SMILES string of the molecule is CC(C)CCCC(C)C1CCCC2C(CC=C3CC(OC(=O)NCCCCCCOC4OC(C)[C@H](O)C(O)C4O)CC[C@@]32C)C(C)CC1. The quantitative estimate of drug-likeness (QED) is 0.109. The number of carbonyl (C=O) groups excluding carboxylic acids is 1. The number of nitrogens with one attached hydrogen (secondary N) is 1. The molecule has 4 rings (SSSR count). The van der Waals surface area contributed by atoms with E-state index in [2.05, 4.69) is 46.0 Å². The molecule has 0 aromatic carbocycles. The fourth-order valence-corrected chi connectivity index (χ4v) is 9.52. The van der Waals surface area contributed by atoms with E-state index < -0.39 is 30.7 Å². The van der Waals surface area contributed by atoms with E-state index in [1.165, 1.54) is 57.8 Å². The maximum atomic E-state index is 12.7. The zero-order valence-corrected chi connectivity index (χ0v) is 31.2. The van der Waals surface area contributed by atoms with Gasteiger partial charge in [-0.05, 0) is 92.8 Å². The Bertz CT molecular complexity index is 1000. The van der Waals surface area contributed by atoms with Crippen molar-refractivity contribution in [1.82, 2.24) is 5.32 Å². The van der Waals surface area contributed by atoms with Crippen LogP contribution in [-0.2, 0) is 14.2 Å². The number of alkyl carbamates (subject to hydrolysis) is 1. The van der Waals surface area contributed by atoms with Gasteiger partial charge < -0.3 is 34.8 Å². The van der Waals surface area contributed by atoms with Gasteiger partial charge in [0.15, 0.2) is 6.29 Å². The van der Waals surface area contributed by atoms with Gasteiger partial charge in [0.05, 0.1) is 6.10 Å². The standard InChI is InChI=1S/C40H71NO7/c1-26(2)13-11-14-27(3)30-15-12-16-34-33(28(4)17-18-30)20-19-31-25-32(21-22-40(31,34)6)48-39(45)41-23-9-7-8-10-24-46-38-37(44)36(43)35(42)29(5)47-38/h19,26-30,32-38,42-44H,7-18,20-25H2,1-6H3,(H,41,45)/t27?,28?,29?,30?,32?,33?,34?,35-,36?,37?,38?,40-/m0/s1. The largest absolute Gasteiger partial charge is 0.446 e. The molecule has 0 spiro atoms. The smallest absolute Gasteiger partial charge is 0.407 e. The van der Waals surface area contributed by atoms with Crippen LogP contribution in [0.15, 0.2) is 11.6 Å². The normalized spacial score (nSPS) is 38.1. The fraction of sp³-hybridized carbons (Fsp3) is 0.925. The molecule has 4 N–H and O–H groups in total. The van der Waals surface area contributed by atoms with E-state index in [9.17, 15) is 20.1 Å². The van der Waals surface area contributed by atoms with Crippen molar-refractivity contribution >= 4 is 6.09 Å². The number of ether oxygens (including phenoxy) is 3. The number of hydrogen-bond acceptors (Lipinski definition) is 7. The molecule has 1 heterocycles. The van der Waals surface area contributed by atoms with Gasteiger partial charge in [0.2, 0.25) is 0 Å². The number of allylic oxidation sites excluding steroid dienone is 1. The van der Waals surface area contributed by atoms with Crippen LogP contribution in [0.2, 0.25) is 0 Å². The van der Waals surface area contributed by atoms with Crippen LogP contribution in [0, 0.1) is 40.9 Å². The van der Waals surface area contributed by atoms with Gasteiger partial charge in [0.25, 0.3) is 0 Å². The Balaban J connectivity index is 1.14. The average molecular weight is 678 g/mol. The van der Waals surface area contributed by atoms with Gasteiger partial charge in [-0.25, -0.2) is 4.79 Å². The second-order valence-electron chi connectivity index (χ2n) is 16.9. The van der Waals surface area contributed by atoms with E-state index in [0.717, 1.165) is 80.5 Å². The maximum absolute atomic E-state index is 12.7. The van der Waals surface area contributed by atoms with Gasteiger partial charge in [-0.3, -0.25) is 0 Å². The summed E-state index contributed by atoms with van der Waals surface area (Å²) in [6.45, 7) is 14.9. The van der Waals surface area contributed by atoms with Crippen LogP contribution in [0.1, 0.15) is 144 Å². The minimum Gasteiger partial charge on any atom is -0.446 e. The molecule has 0 aromatic rings. The highest BCUT2D eigenvalue weighted by molar-refractivity contribution is 5.67. The Morgan fingerprint density at radius 2 is 1.73 bits per heavy atom. The summed E-state index contributed by atoms with van der Waals surface area (Å²) in [6.07, 6.45) is 15.6. The van der Waals surface area contributed by atoms with Crippen molar-refractivity contribution in [3.63, 3.8) is 0 Å². The molecule has 1 saturated heterocycles. The molecule has 0 radical (unpaired) electrons. The molecule has 48 heavy (non-hydrogen) atoms. The van der Waals surface area contributed by atoms with Crippen molar-refractivity contribution in [2.45, 2.75) is 181 Å². The van der Waals surface area contributed by atoms with Gasteiger partial charge in [-0.15, -0.1) is 0 Å². The van der Waals surface area contributed by atoms with Crippen LogP contribution < -0.4 is 5.32 Å². The molecule has 4 aliphatic rings. The summed E-state index contributed by atoms with van der Waals surface area (Å²) >= 11 is 0. The van der Waals surface area contributed by atoms with Gasteiger partial charge in [0.1, 0.15) is 24.4 Å². The number of fused-ring (bicyclic) bond motifs is 3. The first-order chi connectivity index (χ1) is 22.9. The number of aliphatic hydroxyl groups excluding tert-OH is 3. The lowest BCUT2D eigenvalue weighted by Gasteiger charge is -2.52. The molecule has 3 aliphatic carbocycles. The van der Waals surface area contributed by atoms with Crippen molar-refractivity contribution in [3.05, 3.63) is 11.6 Å². The van der Waals surface area contributed by atoms with Gasteiger partial charge in [-0.1, -0.05) is 97.6 Å². The third-order valence-electron chi connectivity index (χ3n) is 12.9. The van der Waals surface area contributed by atoms with Crippen LogP contribution in [0.4, 0.5) is 4.79 Å². The minimum atomic E-state index is -1.28. The molecular weight excluding hydrogens is 606 g/mol. The number of carbonyl (C=O) groups is 1. The summed E-state index contributed by atoms with van der Waals surface area (Å²) in [6, 6.07) is 0. The molecule has 2 saturated carbocycles. The number of aliphatic hydroxyl groups is 3. The number of amides is 1. The Hall–Kier alpha value is -1.19. The highest BCUT2D eigenvalue weighted by Gasteiger charge is 2.48. The molecule has 8 heteroatoms. The second-order valence-corrected chi connectivity index (χ2v) is 16.9. The van der Waals surface area contributed by atoms with Crippen LogP contribution in [0.25, 0.3) is 0 Å². The molecule has 1 amide bonds. The summed E-state index contributed by atoms with van der Waals surface area (Å²) in [5.41, 5.74) is 1.78. The molecule has 8 nitrogen and oxygen atoms in total. The van der Waals surface area contributed by atoms with E-state index in [4.69, 9.17) is 14.2 Å². The third kappa shape index (κ3) is 10.7. The highest BCUT2D eigenvalue weighted by Crippen LogP contribution is 2.57. The van der Waals surface area contributed by atoms with Crippen molar-refractivity contribution in [1.29, 1.82) is 0 Å². The Morgan fingerprint density at radius 1 is 0.958 bits per heavy atom. The van der Waals surface area contributed by atoms with Crippen LogP contribution in [0.5, 0.6) is 0 Å². The van der Waals surface area contributed by atoms with E-state index in [0.29, 0.717) is 13.2 Å². The lowest BCUT2D eigenvalue weighted by Crippen LogP contribution is -2.57. The van der Waals surface area contributed by atoms with Gasteiger partial charge in [0, 0.05) is 19.6 Å². The zero-order valence-electron chi connectivity index (χ0n) is 31.2. The minimum absolute atomic E-state index is 0.0393. The van der Waals surface area contributed by atoms with E-state index in [-0.39, 0.29) is 17.6 Å². The molecule has 1 aliphatic heterocycles. The van der Waals surface area contributed by atoms with Gasteiger partial charge >= 0.3 is 6.09 Å². The Morgan fingerprint density at radius 3 is 2.50 bits per heavy atom. The number of rotatable bonds is 14. The topological polar surface area (TPSA) is 117 Å². The van der Waals surface area contributed by atoms with Crippen molar-refractivity contribution in [3.8, 4) is 0 Å². The predicted octanol–water partition coefficient (Wildman–Crippen LogP) is 7.92. The molecule has 0 aromatic heterocycles. The third-order valence-corrected chi connectivity index (χ3v) is 12.9. The first-order valence-electron chi connectivity index (χ1n) is 19.9. The lowest BCUT2D eigenvalue weighted by molar-refractivity contribution is -0.293. The van der Waals surface area contributed by atoms with Crippen LogP contribution in [-0.4, -0.2) is 71.4 Å². The highest BCUT2D eigenvalue weighted by atomic mass is 16.7. The van der Waals surface area contributed by atoms with Crippen LogP contribution in [0.3, 0.4) is 0 Å². The first-order valence-corrected chi connectivity index (χ1v) is 19.9. The van der Waals surface area contributed by atoms with Gasteiger partial charge in [-0.2, -0.15) is 0 Å². The molecule has 0 bridgehead atoms. The van der Waals surface area contributed by atoms with E-state index in [1.54, 1.807) is 12.5 Å². The molecule has 278 valence electrons. The molecule has 12 atom stereocenters. The maximum Gasteiger partial charge on any atom is 0.407 e. The molecular formula is C40H71NO7. The van der Waals surface area contributed by atoms with Crippen molar-refractivity contribution in [2.24, 2.45) is 40.9 Å². The average Bonchev–Trinajstić information content (AvgIpc) is 3.13. The summed E-state index contributed by atoms with van der Waals surface area (Å²) in [5.74, 6) is 4.82. The summed E-state index contributed by atoms with van der Waals surface area (Å²) in [7, 11) is 0.